The van der Waals surface area contributed by atoms with Crippen molar-refractivity contribution in [3.63, 3.8) is 0 Å². The Morgan fingerprint density at radius 1 is 1.35 bits per heavy atom. The highest BCUT2D eigenvalue weighted by Gasteiger charge is 2.22. The second-order valence-corrected chi connectivity index (χ2v) is 5.85. The number of benzene rings is 1. The van der Waals surface area contributed by atoms with Gasteiger partial charge in [-0.25, -0.2) is 9.37 Å². The van der Waals surface area contributed by atoms with E-state index in [9.17, 15) is 9.18 Å². The highest BCUT2D eigenvalue weighted by molar-refractivity contribution is 7.13. The first kappa shape index (κ1) is 13.2. The number of aryl methyl sites for hydroxylation is 1. The van der Waals surface area contributed by atoms with Gasteiger partial charge in [0.05, 0.1) is 5.69 Å². The van der Waals surface area contributed by atoms with Crippen LogP contribution in [0, 0.1) is 5.82 Å². The number of rotatable bonds is 5. The molecule has 2 aromatic rings. The third kappa shape index (κ3) is 3.42. The molecule has 0 radical (unpaired) electrons. The first-order valence-electron chi connectivity index (χ1n) is 6.70. The summed E-state index contributed by atoms with van der Waals surface area (Å²) >= 11 is 1.52. The van der Waals surface area contributed by atoms with Crippen LogP contribution in [0.15, 0.2) is 29.6 Å². The van der Waals surface area contributed by atoms with Crippen molar-refractivity contribution in [3.8, 4) is 10.6 Å². The van der Waals surface area contributed by atoms with Gasteiger partial charge in [-0.2, -0.15) is 0 Å². The predicted octanol–water partition coefficient (Wildman–Crippen LogP) is 3.16. The Hall–Kier alpha value is -1.75. The van der Waals surface area contributed by atoms with Crippen LogP contribution in [0.2, 0.25) is 0 Å². The summed E-state index contributed by atoms with van der Waals surface area (Å²) in [5.74, 6) is -0.147. The van der Waals surface area contributed by atoms with Crippen molar-refractivity contribution >= 4 is 17.2 Å². The number of carbonyl (C=O) groups is 1. The zero-order valence-corrected chi connectivity index (χ0v) is 11.8. The van der Waals surface area contributed by atoms with Gasteiger partial charge in [-0.15, -0.1) is 11.3 Å². The highest BCUT2D eigenvalue weighted by atomic mass is 32.1. The summed E-state index contributed by atoms with van der Waals surface area (Å²) in [7, 11) is 0. The van der Waals surface area contributed by atoms with E-state index in [0.29, 0.717) is 18.9 Å². The highest BCUT2D eigenvalue weighted by Crippen LogP contribution is 2.24. The first-order chi connectivity index (χ1) is 9.70. The van der Waals surface area contributed by atoms with Crippen LogP contribution in [0.5, 0.6) is 0 Å². The quantitative estimate of drug-likeness (QED) is 0.919. The second kappa shape index (κ2) is 5.71. The van der Waals surface area contributed by atoms with Gasteiger partial charge < -0.3 is 5.32 Å². The maximum atomic E-state index is 12.9. The third-order valence-corrected chi connectivity index (χ3v) is 4.13. The minimum Gasteiger partial charge on any atom is -0.353 e. The molecule has 20 heavy (non-hydrogen) atoms. The summed E-state index contributed by atoms with van der Waals surface area (Å²) < 4.78 is 12.9. The van der Waals surface area contributed by atoms with Crippen molar-refractivity contribution in [2.75, 3.05) is 0 Å². The molecular formula is C15H15FN2OS. The largest absolute Gasteiger partial charge is 0.353 e. The molecule has 0 atom stereocenters. The maximum Gasteiger partial charge on any atom is 0.220 e. The van der Waals surface area contributed by atoms with E-state index in [4.69, 9.17) is 0 Å². The van der Waals surface area contributed by atoms with Crippen LogP contribution in [0.4, 0.5) is 4.39 Å². The molecule has 3 nitrogen and oxygen atoms in total. The minimum absolute atomic E-state index is 0.101. The van der Waals surface area contributed by atoms with Crippen LogP contribution in [-0.4, -0.2) is 16.9 Å². The SMILES string of the molecule is O=C(CCc1csc(-c2ccc(F)cc2)n1)NC1CC1. The average molecular weight is 290 g/mol. The van der Waals surface area contributed by atoms with Crippen LogP contribution in [0.3, 0.4) is 0 Å². The number of hydrogen-bond donors (Lipinski definition) is 1. The molecule has 5 heteroatoms. The van der Waals surface area contributed by atoms with Gasteiger partial charge in [0.2, 0.25) is 5.91 Å². The maximum absolute atomic E-state index is 12.9. The summed E-state index contributed by atoms with van der Waals surface area (Å²) in [6.07, 6.45) is 3.34. The van der Waals surface area contributed by atoms with Gasteiger partial charge in [-0.05, 0) is 43.5 Å². The van der Waals surface area contributed by atoms with Crippen molar-refractivity contribution in [1.29, 1.82) is 0 Å². The van der Waals surface area contributed by atoms with Gasteiger partial charge in [0.25, 0.3) is 0 Å². The van der Waals surface area contributed by atoms with Crippen LogP contribution in [0.1, 0.15) is 25.0 Å². The number of thiazole rings is 1. The molecule has 0 spiro atoms. The van der Waals surface area contributed by atoms with E-state index in [-0.39, 0.29) is 11.7 Å². The Bertz CT molecular complexity index is 605. The molecule has 1 aliphatic carbocycles. The number of amides is 1. The van der Waals surface area contributed by atoms with Crippen molar-refractivity contribution in [2.45, 2.75) is 31.7 Å². The molecule has 104 valence electrons. The summed E-state index contributed by atoms with van der Waals surface area (Å²) in [5, 5.41) is 5.79. The van der Waals surface area contributed by atoms with E-state index < -0.39 is 0 Å². The molecule has 0 unspecified atom stereocenters. The van der Waals surface area contributed by atoms with Gasteiger partial charge in [0, 0.05) is 23.4 Å². The standard InChI is InChI=1S/C15H15FN2OS/c16-11-3-1-10(2-4-11)15-18-13(9-20-15)7-8-14(19)17-12-5-6-12/h1-4,9,12H,5-8H2,(H,17,19). The molecule has 1 saturated carbocycles. The zero-order valence-electron chi connectivity index (χ0n) is 10.9. The number of halogens is 1. The normalized spacial score (nSPS) is 14.2. The van der Waals surface area contributed by atoms with Crippen LogP contribution < -0.4 is 5.32 Å². The van der Waals surface area contributed by atoms with Gasteiger partial charge in [-0.3, -0.25) is 4.79 Å². The smallest absolute Gasteiger partial charge is 0.220 e. The fourth-order valence-corrected chi connectivity index (χ4v) is 2.78. The topological polar surface area (TPSA) is 42.0 Å². The number of hydrogen-bond acceptors (Lipinski definition) is 3. The number of carbonyl (C=O) groups excluding carboxylic acids is 1. The Morgan fingerprint density at radius 3 is 2.80 bits per heavy atom. The minimum atomic E-state index is -0.248. The Morgan fingerprint density at radius 2 is 2.10 bits per heavy atom. The lowest BCUT2D eigenvalue weighted by atomic mass is 10.2. The first-order valence-corrected chi connectivity index (χ1v) is 7.58. The number of nitrogens with zero attached hydrogens (tertiary/aromatic N) is 1. The van der Waals surface area contributed by atoms with Crippen molar-refractivity contribution in [2.24, 2.45) is 0 Å². The lowest BCUT2D eigenvalue weighted by Gasteiger charge is -2.01. The fourth-order valence-electron chi connectivity index (χ4n) is 1.92. The number of aromatic nitrogens is 1. The van der Waals surface area contributed by atoms with Crippen LogP contribution >= 0.6 is 11.3 Å². The number of nitrogens with one attached hydrogen (secondary N) is 1. The lowest BCUT2D eigenvalue weighted by Crippen LogP contribution is -2.25. The van der Waals surface area contributed by atoms with E-state index in [2.05, 4.69) is 10.3 Å². The Balaban J connectivity index is 1.58. The van der Waals surface area contributed by atoms with E-state index in [1.54, 1.807) is 12.1 Å². The van der Waals surface area contributed by atoms with E-state index in [1.807, 2.05) is 5.38 Å². The molecule has 1 aromatic carbocycles. The molecule has 1 fully saturated rings. The summed E-state index contributed by atoms with van der Waals surface area (Å²) in [4.78, 5) is 16.1. The molecule has 1 heterocycles. The molecule has 1 aliphatic rings. The van der Waals surface area contributed by atoms with E-state index in [1.165, 1.54) is 23.5 Å². The molecule has 3 rings (SSSR count). The Labute approximate surface area is 120 Å². The average Bonchev–Trinajstić information content (AvgIpc) is 3.12. The van der Waals surface area contributed by atoms with Crippen LogP contribution in [-0.2, 0) is 11.2 Å². The van der Waals surface area contributed by atoms with Crippen molar-refractivity contribution in [1.82, 2.24) is 10.3 Å². The molecular weight excluding hydrogens is 275 g/mol. The van der Waals surface area contributed by atoms with Crippen LogP contribution in [0.25, 0.3) is 10.6 Å². The van der Waals surface area contributed by atoms with Crippen molar-refractivity contribution < 1.29 is 9.18 Å². The molecule has 1 N–H and O–H groups in total. The van der Waals surface area contributed by atoms with Gasteiger partial charge >= 0.3 is 0 Å². The molecule has 1 amide bonds. The zero-order chi connectivity index (χ0) is 13.9. The van der Waals surface area contributed by atoms with Gasteiger partial charge in [-0.1, -0.05) is 0 Å². The summed E-state index contributed by atoms with van der Waals surface area (Å²) in [5.41, 5.74) is 1.82. The van der Waals surface area contributed by atoms with Gasteiger partial charge in [0.15, 0.2) is 0 Å². The molecule has 0 aliphatic heterocycles. The monoisotopic (exact) mass is 290 g/mol. The fraction of sp³-hybridized carbons (Fsp3) is 0.333. The van der Waals surface area contributed by atoms with E-state index >= 15 is 0 Å². The third-order valence-electron chi connectivity index (χ3n) is 3.19. The van der Waals surface area contributed by atoms with E-state index in [0.717, 1.165) is 29.1 Å². The lowest BCUT2D eigenvalue weighted by molar-refractivity contribution is -0.121. The predicted molar refractivity (Wildman–Crippen MR) is 77.0 cm³/mol. The van der Waals surface area contributed by atoms with Crippen molar-refractivity contribution in [3.05, 3.63) is 41.2 Å². The molecule has 1 aromatic heterocycles. The summed E-state index contributed by atoms with van der Waals surface area (Å²) in [6, 6.07) is 6.71. The molecule has 0 saturated heterocycles. The second-order valence-electron chi connectivity index (χ2n) is 4.99. The summed E-state index contributed by atoms with van der Waals surface area (Å²) in [6.45, 7) is 0. The van der Waals surface area contributed by atoms with Gasteiger partial charge in [0.1, 0.15) is 10.8 Å². The Kier molecular flexibility index (Phi) is 3.78. The molecule has 0 bridgehead atoms.